The van der Waals surface area contributed by atoms with Crippen LogP contribution in [0, 0.1) is 0 Å². The van der Waals surface area contributed by atoms with E-state index in [-0.39, 0.29) is 0 Å². The lowest BCUT2D eigenvalue weighted by atomic mass is 10.1. The van der Waals surface area contributed by atoms with Crippen molar-refractivity contribution < 1.29 is 4.74 Å². The second-order valence-corrected chi connectivity index (χ2v) is 8.23. The maximum absolute atomic E-state index is 5.45. The molecular weight excluding hydrogens is 362 g/mol. The SMILES string of the molecule is CCNC(=NCc1ccc(CN2CCCCC2)cc1)NCC(C)N1CCOCC1. The summed E-state index contributed by atoms with van der Waals surface area (Å²) in [5.41, 5.74) is 2.66. The van der Waals surface area contributed by atoms with Crippen LogP contribution >= 0.6 is 0 Å². The minimum absolute atomic E-state index is 0.469. The third kappa shape index (κ3) is 7.61. The van der Waals surface area contributed by atoms with Crippen LogP contribution in [0.1, 0.15) is 44.2 Å². The highest BCUT2D eigenvalue weighted by atomic mass is 16.5. The maximum atomic E-state index is 5.45. The van der Waals surface area contributed by atoms with E-state index in [1.54, 1.807) is 0 Å². The van der Waals surface area contributed by atoms with Gasteiger partial charge in [0.15, 0.2) is 5.96 Å². The Balaban J connectivity index is 1.47. The molecule has 162 valence electrons. The van der Waals surface area contributed by atoms with Gasteiger partial charge in [0, 0.05) is 38.8 Å². The number of hydrogen-bond acceptors (Lipinski definition) is 4. The lowest BCUT2D eigenvalue weighted by Gasteiger charge is -2.32. The van der Waals surface area contributed by atoms with Gasteiger partial charge in [0.2, 0.25) is 0 Å². The van der Waals surface area contributed by atoms with Crippen LogP contribution in [-0.4, -0.2) is 74.3 Å². The van der Waals surface area contributed by atoms with Crippen LogP contribution in [0.3, 0.4) is 0 Å². The van der Waals surface area contributed by atoms with Crippen LogP contribution in [0.4, 0.5) is 0 Å². The van der Waals surface area contributed by atoms with E-state index >= 15 is 0 Å². The number of ether oxygens (including phenoxy) is 1. The smallest absolute Gasteiger partial charge is 0.191 e. The number of nitrogens with zero attached hydrogens (tertiary/aromatic N) is 3. The van der Waals surface area contributed by atoms with Crippen molar-refractivity contribution in [2.75, 3.05) is 52.5 Å². The van der Waals surface area contributed by atoms with E-state index in [2.05, 4.69) is 58.5 Å². The van der Waals surface area contributed by atoms with Crippen LogP contribution in [0.2, 0.25) is 0 Å². The number of piperidine rings is 1. The van der Waals surface area contributed by atoms with Crippen LogP contribution < -0.4 is 10.6 Å². The fourth-order valence-corrected chi connectivity index (χ4v) is 4.03. The third-order valence-electron chi connectivity index (χ3n) is 5.88. The highest BCUT2D eigenvalue weighted by Crippen LogP contribution is 2.14. The first kappa shape index (κ1) is 22.1. The summed E-state index contributed by atoms with van der Waals surface area (Å²) in [6.45, 7) is 14.1. The number of nitrogens with one attached hydrogen (secondary N) is 2. The predicted molar refractivity (Wildman–Crippen MR) is 120 cm³/mol. The average Bonchev–Trinajstić information content (AvgIpc) is 2.78. The summed E-state index contributed by atoms with van der Waals surface area (Å²) >= 11 is 0. The van der Waals surface area contributed by atoms with Crippen LogP contribution in [-0.2, 0) is 17.8 Å². The first-order valence-corrected chi connectivity index (χ1v) is 11.4. The molecule has 0 radical (unpaired) electrons. The van der Waals surface area contributed by atoms with Crippen molar-refractivity contribution in [3.05, 3.63) is 35.4 Å². The first-order valence-electron chi connectivity index (χ1n) is 11.4. The van der Waals surface area contributed by atoms with Gasteiger partial charge in [-0.05, 0) is 50.9 Å². The molecule has 2 N–H and O–H groups in total. The van der Waals surface area contributed by atoms with Gasteiger partial charge in [0.25, 0.3) is 0 Å². The molecule has 3 rings (SSSR count). The summed E-state index contributed by atoms with van der Waals surface area (Å²) in [6, 6.07) is 9.45. The average molecular weight is 402 g/mol. The number of benzene rings is 1. The van der Waals surface area contributed by atoms with Crippen molar-refractivity contribution in [2.45, 2.75) is 52.2 Å². The molecule has 0 bridgehead atoms. The van der Waals surface area contributed by atoms with E-state index in [0.29, 0.717) is 12.6 Å². The van der Waals surface area contributed by atoms with E-state index in [1.807, 2.05) is 0 Å². The zero-order valence-corrected chi connectivity index (χ0v) is 18.3. The number of likely N-dealkylation sites (tertiary alicyclic amines) is 1. The zero-order chi connectivity index (χ0) is 20.3. The van der Waals surface area contributed by atoms with E-state index in [4.69, 9.17) is 9.73 Å². The Bertz CT molecular complexity index is 606. The lowest BCUT2D eigenvalue weighted by Crippen LogP contribution is -2.49. The molecule has 0 aromatic heterocycles. The molecule has 1 aromatic carbocycles. The standard InChI is InChI=1S/C23H39N5O/c1-3-24-23(25-17-20(2)28-13-15-29-16-14-28)26-18-21-7-9-22(10-8-21)19-27-11-5-4-6-12-27/h7-10,20H,3-6,11-19H2,1-2H3,(H2,24,25,26). The Kier molecular flexibility index (Phi) is 9.25. The normalized spacial score (nSPS) is 20.4. The van der Waals surface area contributed by atoms with Crippen LogP contribution in [0.5, 0.6) is 0 Å². The second-order valence-electron chi connectivity index (χ2n) is 8.23. The van der Waals surface area contributed by atoms with Gasteiger partial charge in [-0.3, -0.25) is 9.80 Å². The highest BCUT2D eigenvalue weighted by Gasteiger charge is 2.17. The molecule has 2 aliphatic rings. The molecule has 2 saturated heterocycles. The van der Waals surface area contributed by atoms with Crippen LogP contribution in [0.15, 0.2) is 29.3 Å². The number of guanidine groups is 1. The topological polar surface area (TPSA) is 52.1 Å². The Morgan fingerprint density at radius 1 is 1.00 bits per heavy atom. The van der Waals surface area contributed by atoms with Gasteiger partial charge in [-0.25, -0.2) is 4.99 Å². The quantitative estimate of drug-likeness (QED) is 0.518. The Morgan fingerprint density at radius 3 is 2.38 bits per heavy atom. The molecule has 0 saturated carbocycles. The summed E-state index contributed by atoms with van der Waals surface area (Å²) in [4.78, 5) is 9.83. The van der Waals surface area contributed by atoms with E-state index < -0.39 is 0 Å². The van der Waals surface area contributed by atoms with Crippen molar-refractivity contribution in [1.29, 1.82) is 0 Å². The molecule has 1 unspecified atom stereocenters. The van der Waals surface area contributed by atoms with Gasteiger partial charge >= 0.3 is 0 Å². The largest absolute Gasteiger partial charge is 0.379 e. The third-order valence-corrected chi connectivity index (χ3v) is 5.88. The number of aliphatic imine (C=N–C) groups is 1. The zero-order valence-electron chi connectivity index (χ0n) is 18.3. The summed E-state index contributed by atoms with van der Waals surface area (Å²) < 4.78 is 5.45. The van der Waals surface area contributed by atoms with Crippen molar-refractivity contribution in [3.8, 4) is 0 Å². The minimum atomic E-state index is 0.469. The Labute approximate surface area is 176 Å². The number of morpholine rings is 1. The van der Waals surface area contributed by atoms with E-state index in [9.17, 15) is 0 Å². The highest BCUT2D eigenvalue weighted by molar-refractivity contribution is 5.79. The Morgan fingerprint density at radius 2 is 1.69 bits per heavy atom. The molecule has 29 heavy (non-hydrogen) atoms. The molecule has 1 atom stereocenters. The van der Waals surface area contributed by atoms with Gasteiger partial charge in [-0.15, -0.1) is 0 Å². The Hall–Kier alpha value is -1.63. The van der Waals surface area contributed by atoms with Crippen molar-refractivity contribution in [3.63, 3.8) is 0 Å². The van der Waals surface area contributed by atoms with Gasteiger partial charge < -0.3 is 15.4 Å². The minimum Gasteiger partial charge on any atom is -0.379 e. The van der Waals surface area contributed by atoms with Crippen LogP contribution in [0.25, 0.3) is 0 Å². The van der Waals surface area contributed by atoms with Crippen molar-refractivity contribution in [1.82, 2.24) is 20.4 Å². The molecule has 6 heteroatoms. The number of rotatable bonds is 8. The summed E-state index contributed by atoms with van der Waals surface area (Å²) in [5, 5.41) is 6.87. The van der Waals surface area contributed by atoms with Gasteiger partial charge in [0.1, 0.15) is 0 Å². The maximum Gasteiger partial charge on any atom is 0.191 e. The van der Waals surface area contributed by atoms with Gasteiger partial charge in [-0.1, -0.05) is 30.7 Å². The molecule has 2 aliphatic heterocycles. The van der Waals surface area contributed by atoms with Crippen molar-refractivity contribution >= 4 is 5.96 Å². The second kappa shape index (κ2) is 12.2. The fraction of sp³-hybridized carbons (Fsp3) is 0.696. The molecule has 0 amide bonds. The lowest BCUT2D eigenvalue weighted by molar-refractivity contribution is 0.0211. The molecule has 1 aromatic rings. The first-order chi connectivity index (χ1) is 14.2. The molecular formula is C23H39N5O. The molecule has 2 heterocycles. The van der Waals surface area contributed by atoms with Crippen molar-refractivity contribution in [2.24, 2.45) is 4.99 Å². The predicted octanol–water partition coefficient (Wildman–Crippen LogP) is 2.45. The van der Waals surface area contributed by atoms with Gasteiger partial charge in [-0.2, -0.15) is 0 Å². The molecule has 2 fully saturated rings. The fourth-order valence-electron chi connectivity index (χ4n) is 4.03. The molecule has 6 nitrogen and oxygen atoms in total. The monoisotopic (exact) mass is 401 g/mol. The summed E-state index contributed by atoms with van der Waals surface area (Å²) in [6.07, 6.45) is 4.08. The van der Waals surface area contributed by atoms with E-state index in [0.717, 1.165) is 51.9 Å². The van der Waals surface area contributed by atoms with E-state index in [1.165, 1.54) is 43.5 Å². The molecule has 0 spiro atoms. The van der Waals surface area contributed by atoms with Gasteiger partial charge in [0.05, 0.1) is 19.8 Å². The molecule has 0 aliphatic carbocycles. The number of hydrogen-bond donors (Lipinski definition) is 2. The summed E-state index contributed by atoms with van der Waals surface area (Å²) in [7, 11) is 0. The summed E-state index contributed by atoms with van der Waals surface area (Å²) in [5.74, 6) is 0.894.